The summed E-state index contributed by atoms with van der Waals surface area (Å²) in [6.07, 6.45) is 1.33. The number of hydrogen-bond acceptors (Lipinski definition) is 4. The second-order valence-corrected chi connectivity index (χ2v) is 5.07. The quantitative estimate of drug-likeness (QED) is 0.791. The molecule has 1 N–H and O–H groups in total. The Morgan fingerprint density at radius 2 is 2.00 bits per heavy atom. The molecule has 0 bridgehead atoms. The molecular formula is C8H13N3O2S. The van der Waals surface area contributed by atoms with Crippen molar-refractivity contribution in [3.63, 3.8) is 0 Å². The van der Waals surface area contributed by atoms with E-state index in [4.69, 9.17) is 0 Å². The first kappa shape index (κ1) is 10.9. The van der Waals surface area contributed by atoms with Gasteiger partial charge in [-0.05, 0) is 12.1 Å². The van der Waals surface area contributed by atoms with E-state index in [0.717, 1.165) is 4.31 Å². The van der Waals surface area contributed by atoms with Crippen molar-refractivity contribution >= 4 is 15.8 Å². The van der Waals surface area contributed by atoms with Crippen LogP contribution in [-0.4, -0.2) is 38.9 Å². The molecule has 5 nitrogen and oxygen atoms in total. The SMILES string of the molecule is CNc1ccc(S(=O)(=O)N(C)C)cn1. The maximum absolute atomic E-state index is 11.6. The van der Waals surface area contributed by atoms with Gasteiger partial charge in [-0.2, -0.15) is 0 Å². The number of rotatable bonds is 3. The van der Waals surface area contributed by atoms with Gasteiger partial charge in [-0.3, -0.25) is 0 Å². The van der Waals surface area contributed by atoms with Gasteiger partial charge in [-0.25, -0.2) is 17.7 Å². The van der Waals surface area contributed by atoms with E-state index in [2.05, 4.69) is 10.3 Å². The summed E-state index contributed by atoms with van der Waals surface area (Å²) in [5.74, 6) is 0.641. The van der Waals surface area contributed by atoms with E-state index in [1.54, 1.807) is 13.1 Å². The van der Waals surface area contributed by atoms with Crippen LogP contribution in [0.4, 0.5) is 5.82 Å². The number of hydrogen-bond donors (Lipinski definition) is 1. The van der Waals surface area contributed by atoms with Crippen molar-refractivity contribution in [1.82, 2.24) is 9.29 Å². The molecular weight excluding hydrogens is 202 g/mol. The Kier molecular flexibility index (Phi) is 3.07. The van der Waals surface area contributed by atoms with Crippen molar-refractivity contribution in [2.75, 3.05) is 26.5 Å². The molecule has 0 aliphatic rings. The summed E-state index contributed by atoms with van der Waals surface area (Å²) >= 11 is 0. The van der Waals surface area contributed by atoms with Gasteiger partial charge in [0.25, 0.3) is 0 Å². The fourth-order valence-electron chi connectivity index (χ4n) is 0.892. The molecule has 78 valence electrons. The summed E-state index contributed by atoms with van der Waals surface area (Å²) in [6.45, 7) is 0. The number of sulfonamides is 1. The largest absolute Gasteiger partial charge is 0.373 e. The Hall–Kier alpha value is -1.14. The zero-order valence-corrected chi connectivity index (χ0v) is 9.17. The second-order valence-electron chi connectivity index (χ2n) is 2.92. The van der Waals surface area contributed by atoms with Crippen molar-refractivity contribution in [2.45, 2.75) is 4.90 Å². The van der Waals surface area contributed by atoms with E-state index in [1.165, 1.54) is 26.4 Å². The normalized spacial score (nSPS) is 11.7. The van der Waals surface area contributed by atoms with Crippen LogP contribution in [0, 0.1) is 0 Å². The first-order valence-electron chi connectivity index (χ1n) is 4.05. The van der Waals surface area contributed by atoms with Gasteiger partial charge < -0.3 is 5.32 Å². The number of pyridine rings is 1. The minimum Gasteiger partial charge on any atom is -0.373 e. The van der Waals surface area contributed by atoms with Crippen LogP contribution < -0.4 is 5.32 Å². The standard InChI is InChI=1S/C8H13N3O2S/c1-9-8-5-4-7(6-10-8)14(12,13)11(2)3/h4-6H,1-3H3,(H,9,10). The van der Waals surface area contributed by atoms with Crippen LogP contribution in [0.15, 0.2) is 23.2 Å². The molecule has 1 aromatic rings. The van der Waals surface area contributed by atoms with Gasteiger partial charge in [0.1, 0.15) is 10.7 Å². The lowest BCUT2D eigenvalue weighted by Gasteiger charge is -2.10. The van der Waals surface area contributed by atoms with Gasteiger partial charge in [-0.1, -0.05) is 0 Å². The van der Waals surface area contributed by atoms with Gasteiger partial charge in [-0.15, -0.1) is 0 Å². The minimum atomic E-state index is -3.36. The summed E-state index contributed by atoms with van der Waals surface area (Å²) in [6, 6.07) is 3.14. The van der Waals surface area contributed by atoms with Gasteiger partial charge >= 0.3 is 0 Å². The number of nitrogens with zero attached hydrogens (tertiary/aromatic N) is 2. The zero-order chi connectivity index (χ0) is 10.8. The topological polar surface area (TPSA) is 62.3 Å². The third-order valence-electron chi connectivity index (χ3n) is 1.77. The second kappa shape index (κ2) is 3.93. The van der Waals surface area contributed by atoms with Gasteiger partial charge in [0.05, 0.1) is 0 Å². The Bertz CT molecular complexity index is 397. The average molecular weight is 215 g/mol. The summed E-state index contributed by atoms with van der Waals surface area (Å²) in [5.41, 5.74) is 0. The highest BCUT2D eigenvalue weighted by molar-refractivity contribution is 7.89. The highest BCUT2D eigenvalue weighted by Gasteiger charge is 2.16. The van der Waals surface area contributed by atoms with E-state index in [-0.39, 0.29) is 4.90 Å². The van der Waals surface area contributed by atoms with E-state index < -0.39 is 10.0 Å². The first-order valence-corrected chi connectivity index (χ1v) is 5.49. The molecule has 0 unspecified atom stereocenters. The monoisotopic (exact) mass is 215 g/mol. The molecule has 14 heavy (non-hydrogen) atoms. The van der Waals surface area contributed by atoms with Crippen LogP contribution in [-0.2, 0) is 10.0 Å². The molecule has 0 atom stereocenters. The summed E-state index contributed by atoms with van der Waals surface area (Å²) in [4.78, 5) is 4.12. The first-order chi connectivity index (χ1) is 6.48. The molecule has 0 aromatic carbocycles. The van der Waals surface area contributed by atoms with Gasteiger partial charge in [0, 0.05) is 27.3 Å². The van der Waals surface area contributed by atoms with Crippen molar-refractivity contribution < 1.29 is 8.42 Å². The van der Waals surface area contributed by atoms with E-state index in [0.29, 0.717) is 5.82 Å². The lowest BCUT2D eigenvalue weighted by Crippen LogP contribution is -2.22. The molecule has 0 aliphatic heterocycles. The van der Waals surface area contributed by atoms with Crippen LogP contribution in [0.25, 0.3) is 0 Å². The van der Waals surface area contributed by atoms with Crippen molar-refractivity contribution in [2.24, 2.45) is 0 Å². The molecule has 0 aliphatic carbocycles. The van der Waals surface area contributed by atoms with E-state index in [9.17, 15) is 8.42 Å². The molecule has 0 fully saturated rings. The Morgan fingerprint density at radius 1 is 1.36 bits per heavy atom. The van der Waals surface area contributed by atoms with Crippen molar-refractivity contribution in [3.05, 3.63) is 18.3 Å². The van der Waals surface area contributed by atoms with Crippen LogP contribution in [0.2, 0.25) is 0 Å². The molecule has 0 spiro atoms. The number of nitrogens with one attached hydrogen (secondary N) is 1. The predicted molar refractivity (Wildman–Crippen MR) is 54.7 cm³/mol. The van der Waals surface area contributed by atoms with Crippen molar-refractivity contribution in [1.29, 1.82) is 0 Å². The lowest BCUT2D eigenvalue weighted by molar-refractivity contribution is 0.520. The molecule has 0 amide bonds. The third-order valence-corrected chi connectivity index (χ3v) is 3.57. The van der Waals surface area contributed by atoms with Gasteiger partial charge in [0.15, 0.2) is 0 Å². The Labute approximate surface area is 83.8 Å². The Morgan fingerprint density at radius 3 is 2.36 bits per heavy atom. The highest BCUT2D eigenvalue weighted by Crippen LogP contribution is 2.13. The molecule has 0 saturated carbocycles. The van der Waals surface area contributed by atoms with Crippen LogP contribution in [0.1, 0.15) is 0 Å². The maximum Gasteiger partial charge on any atom is 0.244 e. The molecule has 1 heterocycles. The summed E-state index contributed by atoms with van der Waals surface area (Å²) in [5, 5.41) is 2.82. The molecule has 0 radical (unpaired) electrons. The smallest absolute Gasteiger partial charge is 0.244 e. The molecule has 0 saturated heterocycles. The molecule has 6 heteroatoms. The molecule has 1 aromatic heterocycles. The minimum absolute atomic E-state index is 0.196. The summed E-state index contributed by atoms with van der Waals surface area (Å²) in [7, 11) is 1.34. The van der Waals surface area contributed by atoms with E-state index in [1.807, 2.05) is 0 Å². The lowest BCUT2D eigenvalue weighted by atomic mass is 10.5. The number of aromatic nitrogens is 1. The predicted octanol–water partition coefficient (Wildman–Crippen LogP) is 0.374. The fraction of sp³-hybridized carbons (Fsp3) is 0.375. The highest BCUT2D eigenvalue weighted by atomic mass is 32.2. The zero-order valence-electron chi connectivity index (χ0n) is 8.35. The van der Waals surface area contributed by atoms with Crippen molar-refractivity contribution in [3.8, 4) is 0 Å². The molecule has 1 rings (SSSR count). The van der Waals surface area contributed by atoms with Crippen LogP contribution in [0.3, 0.4) is 0 Å². The fourth-order valence-corrected chi connectivity index (χ4v) is 1.74. The Balaban J connectivity index is 3.10. The number of anilines is 1. The maximum atomic E-state index is 11.6. The average Bonchev–Trinajstić information content (AvgIpc) is 2.17. The summed E-state index contributed by atoms with van der Waals surface area (Å²) < 4.78 is 24.3. The van der Waals surface area contributed by atoms with Crippen LogP contribution >= 0.6 is 0 Å². The van der Waals surface area contributed by atoms with Gasteiger partial charge in [0.2, 0.25) is 10.0 Å². The van der Waals surface area contributed by atoms with Crippen LogP contribution in [0.5, 0.6) is 0 Å². The third kappa shape index (κ3) is 2.02. The van der Waals surface area contributed by atoms with E-state index >= 15 is 0 Å².